The standard InChI is InChI=1S/C21H33FN7O10P/c1-10(2)37-18(32)12(5)25-40(35,26-13(6)19(33)38-11(3)4)36-9-21(27-28-23)16(31)15(22)17(39-21)29-8-7-14(30)24-20(29)34/h7-8,10-13,15-17,31H,9H2,1-6H3,(H,24,30,34)(H2,25,26,35)/t12-,13-,15+,16-,17+,21+/m1/s1. The molecule has 6 atom stereocenters. The zero-order valence-corrected chi connectivity index (χ0v) is 23.5. The first kappa shape index (κ1) is 33.1. The Balaban J connectivity index is 2.40. The molecule has 40 heavy (non-hydrogen) atoms. The van der Waals surface area contributed by atoms with Crippen LogP contribution in [0, 0.1) is 0 Å². The lowest BCUT2D eigenvalue weighted by Crippen LogP contribution is -2.47. The predicted octanol–water partition coefficient (Wildman–Crippen LogP) is 0.755. The van der Waals surface area contributed by atoms with Crippen LogP contribution in [0.2, 0.25) is 0 Å². The van der Waals surface area contributed by atoms with E-state index in [1.165, 1.54) is 13.8 Å². The molecule has 19 heteroatoms. The summed E-state index contributed by atoms with van der Waals surface area (Å²) >= 11 is 0. The molecule has 1 aliphatic heterocycles. The fraction of sp³-hybridized carbons (Fsp3) is 0.714. The normalized spacial score (nSPS) is 24.4. The number of halogens is 1. The van der Waals surface area contributed by atoms with Gasteiger partial charge in [-0.25, -0.2) is 19.4 Å². The smallest absolute Gasteiger partial charge is 0.342 e. The molecule has 224 valence electrons. The van der Waals surface area contributed by atoms with Gasteiger partial charge in [-0.15, -0.1) is 0 Å². The summed E-state index contributed by atoms with van der Waals surface area (Å²) in [6.07, 6.45) is -6.68. The summed E-state index contributed by atoms with van der Waals surface area (Å²) in [6, 6.07) is -1.66. The molecule has 0 spiro atoms. The van der Waals surface area contributed by atoms with Gasteiger partial charge in [0.25, 0.3) is 5.56 Å². The Morgan fingerprint density at radius 2 is 1.73 bits per heavy atom. The molecule has 0 amide bonds. The highest BCUT2D eigenvalue weighted by Gasteiger charge is 2.57. The van der Waals surface area contributed by atoms with Crippen molar-refractivity contribution in [3.8, 4) is 0 Å². The van der Waals surface area contributed by atoms with Crippen molar-refractivity contribution in [2.45, 2.75) is 90.1 Å². The summed E-state index contributed by atoms with van der Waals surface area (Å²) < 4.78 is 50.6. The van der Waals surface area contributed by atoms with Gasteiger partial charge in [0.1, 0.15) is 18.2 Å². The van der Waals surface area contributed by atoms with Crippen LogP contribution in [0.1, 0.15) is 47.8 Å². The van der Waals surface area contributed by atoms with Gasteiger partial charge in [-0.2, -0.15) is 0 Å². The third kappa shape index (κ3) is 8.20. The van der Waals surface area contributed by atoms with E-state index in [1.54, 1.807) is 27.7 Å². The molecule has 4 N–H and O–H groups in total. The van der Waals surface area contributed by atoms with Gasteiger partial charge in [0.05, 0.1) is 18.8 Å². The molecule has 0 aliphatic carbocycles. The molecule has 1 aromatic heterocycles. The topological polar surface area (TPSA) is 236 Å². The number of ether oxygens (including phenoxy) is 3. The van der Waals surface area contributed by atoms with Crippen molar-refractivity contribution in [1.29, 1.82) is 0 Å². The Morgan fingerprint density at radius 3 is 2.17 bits per heavy atom. The van der Waals surface area contributed by atoms with Crippen LogP contribution in [0.25, 0.3) is 10.4 Å². The van der Waals surface area contributed by atoms with Gasteiger partial charge in [-0.05, 0) is 47.1 Å². The molecule has 0 bridgehead atoms. The number of aliphatic hydroxyl groups excluding tert-OH is 1. The van der Waals surface area contributed by atoms with E-state index in [2.05, 4.69) is 20.2 Å². The van der Waals surface area contributed by atoms with Crippen LogP contribution in [-0.2, 0) is 32.9 Å². The van der Waals surface area contributed by atoms with E-state index in [0.717, 1.165) is 12.3 Å². The molecule has 1 fully saturated rings. The number of hydrogen-bond acceptors (Lipinski definition) is 11. The lowest BCUT2D eigenvalue weighted by molar-refractivity contribution is -0.149. The second-order valence-corrected chi connectivity index (χ2v) is 11.3. The molecule has 0 aromatic carbocycles. The van der Waals surface area contributed by atoms with E-state index in [9.17, 15) is 28.8 Å². The Kier molecular flexibility index (Phi) is 11.2. The van der Waals surface area contributed by atoms with E-state index in [1.807, 2.05) is 4.98 Å². The lowest BCUT2D eigenvalue weighted by Gasteiger charge is -2.31. The molecule has 0 unspecified atom stereocenters. The number of nitrogens with zero attached hydrogens (tertiary/aromatic N) is 4. The average Bonchev–Trinajstić information content (AvgIpc) is 3.07. The average molecular weight is 594 g/mol. The van der Waals surface area contributed by atoms with Crippen molar-refractivity contribution >= 4 is 19.6 Å². The number of alkyl halides is 1. The van der Waals surface area contributed by atoms with E-state index < -0.39 is 86.0 Å². The minimum atomic E-state index is -4.51. The molecule has 2 rings (SSSR count). The van der Waals surface area contributed by atoms with Gasteiger partial charge in [-0.1, -0.05) is 5.11 Å². The largest absolute Gasteiger partial charge is 0.462 e. The van der Waals surface area contributed by atoms with Crippen LogP contribution in [0.15, 0.2) is 27.0 Å². The van der Waals surface area contributed by atoms with E-state index in [0.29, 0.717) is 4.57 Å². The molecule has 1 aromatic rings. The summed E-state index contributed by atoms with van der Waals surface area (Å²) in [4.78, 5) is 52.7. The highest BCUT2D eigenvalue weighted by molar-refractivity contribution is 7.54. The van der Waals surface area contributed by atoms with Crippen molar-refractivity contribution in [2.24, 2.45) is 5.11 Å². The zero-order valence-electron chi connectivity index (χ0n) is 22.6. The predicted molar refractivity (Wildman–Crippen MR) is 135 cm³/mol. The van der Waals surface area contributed by atoms with Crippen molar-refractivity contribution in [1.82, 2.24) is 19.7 Å². The molecule has 17 nitrogen and oxygen atoms in total. The van der Waals surface area contributed by atoms with Gasteiger partial charge in [0, 0.05) is 17.2 Å². The number of aromatic amines is 1. The van der Waals surface area contributed by atoms with Gasteiger partial charge in [0.15, 0.2) is 12.4 Å². The number of aromatic nitrogens is 2. The summed E-state index contributed by atoms with van der Waals surface area (Å²) in [5, 5.41) is 18.7. The molecular formula is C21H33FN7O10P. The van der Waals surface area contributed by atoms with Crippen molar-refractivity contribution < 1.29 is 42.4 Å². The number of azide groups is 1. The minimum Gasteiger partial charge on any atom is -0.462 e. The number of hydrogen-bond donors (Lipinski definition) is 4. The van der Waals surface area contributed by atoms with Crippen molar-refractivity contribution in [3.63, 3.8) is 0 Å². The highest BCUT2D eigenvalue weighted by Crippen LogP contribution is 2.45. The second kappa shape index (κ2) is 13.5. The second-order valence-electron chi connectivity index (χ2n) is 9.45. The highest BCUT2D eigenvalue weighted by atomic mass is 31.2. The first-order valence-corrected chi connectivity index (χ1v) is 13.8. The SMILES string of the molecule is CC(C)OC(=O)[C@@H](C)NP(=O)(N[C@H](C)C(=O)OC(C)C)OC[C@]1(N=[N+]=[N-])O[C@H](n2ccc(=O)[nH]c2=O)[C@@H](F)[C@H]1O. The number of nitrogens with one attached hydrogen (secondary N) is 3. The third-order valence-corrected chi connectivity index (χ3v) is 7.24. The number of H-pyrrole nitrogens is 1. The number of carbonyl (C=O) groups is 2. The number of aliphatic hydroxyl groups is 1. The molecule has 2 heterocycles. The quantitative estimate of drug-likeness (QED) is 0.0815. The molecule has 0 saturated carbocycles. The Bertz CT molecular complexity index is 1250. The fourth-order valence-electron chi connectivity index (χ4n) is 3.47. The van der Waals surface area contributed by atoms with E-state index in [-0.39, 0.29) is 0 Å². The zero-order chi connectivity index (χ0) is 30.4. The first-order chi connectivity index (χ1) is 18.5. The lowest BCUT2D eigenvalue weighted by atomic mass is 10.1. The van der Waals surface area contributed by atoms with Crippen LogP contribution in [0.3, 0.4) is 0 Å². The third-order valence-electron chi connectivity index (χ3n) is 5.29. The van der Waals surface area contributed by atoms with E-state index in [4.69, 9.17) is 24.3 Å². The maximum Gasteiger partial charge on any atom is 0.342 e. The van der Waals surface area contributed by atoms with Crippen molar-refractivity contribution in [2.75, 3.05) is 6.61 Å². The fourth-order valence-corrected chi connectivity index (χ4v) is 5.29. The van der Waals surface area contributed by atoms with Crippen LogP contribution in [-0.4, -0.2) is 75.5 Å². The molecule has 1 saturated heterocycles. The van der Waals surface area contributed by atoms with Gasteiger partial charge >= 0.3 is 25.3 Å². The number of esters is 2. The monoisotopic (exact) mass is 593 g/mol. The van der Waals surface area contributed by atoms with Gasteiger partial charge in [0.2, 0.25) is 5.72 Å². The Morgan fingerprint density at radius 1 is 1.20 bits per heavy atom. The maximum atomic E-state index is 15.2. The molecular weight excluding hydrogens is 560 g/mol. The Hall–Kier alpha value is -3.11. The van der Waals surface area contributed by atoms with E-state index >= 15 is 4.39 Å². The number of carbonyl (C=O) groups excluding carboxylic acids is 2. The van der Waals surface area contributed by atoms with Crippen LogP contribution in [0.5, 0.6) is 0 Å². The summed E-state index contributed by atoms with van der Waals surface area (Å²) in [5.74, 6) is -1.66. The minimum absolute atomic E-state index is 0.519. The van der Waals surface area contributed by atoms with Crippen LogP contribution in [0.4, 0.5) is 4.39 Å². The van der Waals surface area contributed by atoms with Gasteiger partial charge in [-0.3, -0.25) is 28.5 Å². The first-order valence-electron chi connectivity index (χ1n) is 12.1. The van der Waals surface area contributed by atoms with Crippen molar-refractivity contribution in [3.05, 3.63) is 43.5 Å². The number of rotatable bonds is 13. The van der Waals surface area contributed by atoms with Gasteiger partial charge < -0.3 is 23.8 Å². The summed E-state index contributed by atoms with van der Waals surface area (Å²) in [7, 11) is -4.51. The Labute approximate surface area is 227 Å². The molecule has 0 radical (unpaired) electrons. The van der Waals surface area contributed by atoms with Crippen LogP contribution >= 0.6 is 7.67 Å². The van der Waals surface area contributed by atoms with Crippen LogP contribution < -0.4 is 21.4 Å². The maximum absolute atomic E-state index is 15.2. The summed E-state index contributed by atoms with van der Waals surface area (Å²) in [5.41, 5.74) is 4.67. The molecule has 1 aliphatic rings. The summed E-state index contributed by atoms with van der Waals surface area (Å²) in [6.45, 7) is 7.83.